The number of hydrogen-bond donors (Lipinski definition) is 1. The van der Waals surface area contributed by atoms with E-state index in [2.05, 4.69) is 4.98 Å². The van der Waals surface area contributed by atoms with Crippen LogP contribution in [0.15, 0.2) is 18.2 Å². The Morgan fingerprint density at radius 3 is 2.48 bits per heavy atom. The van der Waals surface area contributed by atoms with Gasteiger partial charge in [-0.05, 0) is 42.9 Å². The Morgan fingerprint density at radius 1 is 1.26 bits per heavy atom. The summed E-state index contributed by atoms with van der Waals surface area (Å²) in [7, 11) is 3.19. The zero-order valence-electron chi connectivity index (χ0n) is 13.0. The Kier molecular flexibility index (Phi) is 5.95. The normalized spacial score (nSPS) is 12.3. The number of rotatable bonds is 5. The molecule has 0 fully saturated rings. The van der Waals surface area contributed by atoms with Gasteiger partial charge in [0, 0.05) is 12.1 Å². The molecule has 0 spiro atoms. The molecule has 0 amide bonds. The second-order valence-electron chi connectivity index (χ2n) is 4.48. The van der Waals surface area contributed by atoms with E-state index in [4.69, 9.17) is 26.4 Å². The van der Waals surface area contributed by atoms with Crippen LogP contribution in [-0.4, -0.2) is 31.8 Å². The molecular formula is C16H17NO4S2. The second kappa shape index (κ2) is 7.94. The van der Waals surface area contributed by atoms with Crippen molar-refractivity contribution in [2.75, 3.05) is 20.8 Å². The van der Waals surface area contributed by atoms with Crippen LogP contribution in [-0.2, 0) is 9.53 Å². The van der Waals surface area contributed by atoms with Crippen LogP contribution in [0.3, 0.4) is 0 Å². The van der Waals surface area contributed by atoms with Gasteiger partial charge in [0.25, 0.3) is 0 Å². The van der Waals surface area contributed by atoms with Crippen molar-refractivity contribution >= 4 is 41.7 Å². The van der Waals surface area contributed by atoms with Crippen LogP contribution in [0.25, 0.3) is 12.2 Å². The number of carbonyl (C=O) groups excluding carboxylic acids is 1. The number of aromatic amines is 1. The summed E-state index contributed by atoms with van der Waals surface area (Å²) in [4.78, 5) is 14.6. The van der Waals surface area contributed by atoms with Gasteiger partial charge in [0.1, 0.15) is 11.5 Å². The van der Waals surface area contributed by atoms with Gasteiger partial charge in [-0.25, -0.2) is 4.79 Å². The molecule has 0 aliphatic carbocycles. The topological polar surface area (TPSA) is 60.6 Å². The lowest BCUT2D eigenvalue weighted by Gasteiger charge is -2.05. The lowest BCUT2D eigenvalue weighted by Crippen LogP contribution is -2.23. The molecule has 1 heterocycles. The molecule has 1 N–H and O–H groups in total. The number of ether oxygens (including phenoxy) is 3. The maximum Gasteiger partial charge on any atom is 0.332 e. The number of hydrogen-bond acceptors (Lipinski definition) is 6. The van der Waals surface area contributed by atoms with E-state index in [1.807, 2.05) is 18.2 Å². The third kappa shape index (κ3) is 4.67. The number of H-pyrrole nitrogens is 1. The minimum Gasteiger partial charge on any atom is -0.497 e. The summed E-state index contributed by atoms with van der Waals surface area (Å²) in [5.74, 6) is 0.964. The quantitative estimate of drug-likeness (QED) is 0.659. The minimum absolute atomic E-state index is 0.326. The molecule has 0 aliphatic heterocycles. The Morgan fingerprint density at radius 2 is 1.91 bits per heavy atom. The zero-order chi connectivity index (χ0) is 16.8. The second-order valence-corrected chi connectivity index (χ2v) is 6.20. The number of methoxy groups -OCH3 is 2. The summed E-state index contributed by atoms with van der Waals surface area (Å²) in [5, 5.41) is 0.625. The van der Waals surface area contributed by atoms with Gasteiger partial charge in [-0.2, -0.15) is 0 Å². The molecule has 2 aromatic rings. The van der Waals surface area contributed by atoms with E-state index in [0.29, 0.717) is 27.4 Å². The molecule has 2 rings (SSSR count). The SMILES string of the molecule is CCOC(=O)/C=c1\[nH]c(=S)s\c1=C/c1cc(OC)cc(OC)c1. The minimum atomic E-state index is -0.408. The molecule has 0 unspecified atom stereocenters. The molecule has 122 valence electrons. The molecule has 23 heavy (non-hydrogen) atoms. The van der Waals surface area contributed by atoms with Gasteiger partial charge < -0.3 is 19.2 Å². The number of esters is 1. The molecule has 1 aromatic heterocycles. The van der Waals surface area contributed by atoms with Crippen LogP contribution in [0.2, 0.25) is 0 Å². The predicted octanol–water partition coefficient (Wildman–Crippen LogP) is 2.00. The van der Waals surface area contributed by atoms with Crippen LogP contribution >= 0.6 is 23.6 Å². The van der Waals surface area contributed by atoms with Crippen molar-refractivity contribution in [3.05, 3.63) is 37.6 Å². The fourth-order valence-corrected chi connectivity index (χ4v) is 3.09. The molecular weight excluding hydrogens is 334 g/mol. The summed E-state index contributed by atoms with van der Waals surface area (Å²) in [6, 6.07) is 5.54. The van der Waals surface area contributed by atoms with Gasteiger partial charge in [0.05, 0.1) is 30.7 Å². The smallest absolute Gasteiger partial charge is 0.332 e. The summed E-state index contributed by atoms with van der Waals surface area (Å²) in [5.41, 5.74) is 0.880. The van der Waals surface area contributed by atoms with Crippen LogP contribution < -0.4 is 19.4 Å². The average molecular weight is 351 g/mol. The Balaban J connectivity index is 2.56. The molecule has 0 aliphatic rings. The van der Waals surface area contributed by atoms with E-state index < -0.39 is 5.97 Å². The fourth-order valence-electron chi connectivity index (χ4n) is 1.93. The first-order valence-corrected chi connectivity index (χ1v) is 8.10. The van der Waals surface area contributed by atoms with E-state index in [-0.39, 0.29) is 0 Å². The molecule has 1 aromatic carbocycles. The summed E-state index contributed by atoms with van der Waals surface area (Å²) in [6.07, 6.45) is 3.31. The van der Waals surface area contributed by atoms with Crippen molar-refractivity contribution in [3.63, 3.8) is 0 Å². The lowest BCUT2D eigenvalue weighted by atomic mass is 10.2. The number of nitrogens with one attached hydrogen (secondary N) is 1. The van der Waals surface area contributed by atoms with E-state index in [1.165, 1.54) is 17.4 Å². The Hall–Kier alpha value is -2.12. The lowest BCUT2D eigenvalue weighted by molar-refractivity contribution is -0.135. The maximum atomic E-state index is 11.6. The highest BCUT2D eigenvalue weighted by Crippen LogP contribution is 2.22. The number of benzene rings is 1. The van der Waals surface area contributed by atoms with Gasteiger partial charge in [-0.3, -0.25) is 0 Å². The monoisotopic (exact) mass is 351 g/mol. The van der Waals surface area contributed by atoms with Crippen molar-refractivity contribution < 1.29 is 19.0 Å². The summed E-state index contributed by atoms with van der Waals surface area (Å²) >= 11 is 6.55. The summed E-state index contributed by atoms with van der Waals surface area (Å²) in [6.45, 7) is 2.09. The Bertz CT molecular complexity index is 845. The number of thiazole rings is 1. The predicted molar refractivity (Wildman–Crippen MR) is 93.0 cm³/mol. The van der Waals surface area contributed by atoms with E-state index in [1.54, 1.807) is 27.2 Å². The van der Waals surface area contributed by atoms with Crippen LogP contribution in [0.1, 0.15) is 12.5 Å². The van der Waals surface area contributed by atoms with Crippen molar-refractivity contribution in [3.8, 4) is 11.5 Å². The number of carbonyl (C=O) groups is 1. The van der Waals surface area contributed by atoms with E-state index >= 15 is 0 Å². The van der Waals surface area contributed by atoms with Crippen LogP contribution in [0, 0.1) is 3.95 Å². The number of aromatic nitrogens is 1. The van der Waals surface area contributed by atoms with Gasteiger partial charge in [0.2, 0.25) is 0 Å². The Labute approximate surface area is 142 Å². The molecule has 0 saturated heterocycles. The van der Waals surface area contributed by atoms with E-state index in [9.17, 15) is 4.79 Å². The standard InChI is InChI=1S/C16H17NO4S2/c1-4-21-15(18)9-13-14(23-16(22)17-13)7-10-5-11(19-2)8-12(6-10)20-3/h5-9H,4H2,1-3H3,(H,17,22)/b13-9-,14-7-. The van der Waals surface area contributed by atoms with Crippen molar-refractivity contribution in [1.29, 1.82) is 0 Å². The van der Waals surface area contributed by atoms with Gasteiger partial charge in [-0.1, -0.05) is 0 Å². The van der Waals surface area contributed by atoms with Gasteiger partial charge in [-0.15, -0.1) is 11.3 Å². The molecule has 0 atom stereocenters. The first-order valence-electron chi connectivity index (χ1n) is 6.88. The highest BCUT2D eigenvalue weighted by atomic mass is 32.1. The van der Waals surface area contributed by atoms with Crippen LogP contribution in [0.5, 0.6) is 11.5 Å². The molecule has 0 saturated carbocycles. The van der Waals surface area contributed by atoms with Crippen molar-refractivity contribution in [1.82, 2.24) is 4.98 Å². The average Bonchev–Trinajstić information content (AvgIpc) is 2.86. The fraction of sp³-hybridized carbons (Fsp3) is 0.250. The molecule has 0 bridgehead atoms. The third-order valence-corrected chi connectivity index (χ3v) is 4.12. The highest BCUT2D eigenvalue weighted by Gasteiger charge is 2.02. The first kappa shape index (κ1) is 17.2. The zero-order valence-corrected chi connectivity index (χ0v) is 14.7. The maximum absolute atomic E-state index is 11.6. The highest BCUT2D eigenvalue weighted by molar-refractivity contribution is 7.73. The summed E-state index contributed by atoms with van der Waals surface area (Å²) < 4.78 is 16.9. The molecule has 7 heteroatoms. The third-order valence-electron chi connectivity index (χ3n) is 2.93. The van der Waals surface area contributed by atoms with E-state index in [0.717, 1.165) is 10.1 Å². The van der Waals surface area contributed by atoms with Gasteiger partial charge >= 0.3 is 5.97 Å². The van der Waals surface area contributed by atoms with Gasteiger partial charge in [0.15, 0.2) is 3.95 Å². The van der Waals surface area contributed by atoms with Crippen LogP contribution in [0.4, 0.5) is 0 Å². The molecule has 0 radical (unpaired) electrons. The first-order chi connectivity index (χ1) is 11.0. The van der Waals surface area contributed by atoms with Crippen molar-refractivity contribution in [2.24, 2.45) is 0 Å². The molecule has 5 nitrogen and oxygen atoms in total. The largest absolute Gasteiger partial charge is 0.497 e. The van der Waals surface area contributed by atoms with Crippen molar-refractivity contribution in [2.45, 2.75) is 6.92 Å².